The first-order chi connectivity index (χ1) is 8.61. The van der Waals surface area contributed by atoms with Crippen LogP contribution in [-0.2, 0) is 0 Å². The number of hydrogen-bond donors (Lipinski definition) is 2. The molecular formula is C13H11NO3S. The van der Waals surface area contributed by atoms with Gasteiger partial charge in [-0.2, -0.15) is 0 Å². The lowest BCUT2D eigenvalue weighted by molar-refractivity contribution is 0.0695. The summed E-state index contributed by atoms with van der Waals surface area (Å²) < 4.78 is 0. The highest BCUT2D eigenvalue weighted by atomic mass is 32.2. The van der Waals surface area contributed by atoms with Crippen LogP contribution in [-0.4, -0.2) is 22.3 Å². The number of rotatable bonds is 3. The summed E-state index contributed by atoms with van der Waals surface area (Å²) in [5, 5.41) is 8.77. The van der Waals surface area contributed by atoms with Crippen molar-refractivity contribution in [2.45, 2.75) is 4.90 Å². The molecule has 4 nitrogen and oxygen atoms in total. The molecule has 0 spiro atoms. The molecule has 0 radical (unpaired) electrons. The zero-order valence-electron chi connectivity index (χ0n) is 9.64. The lowest BCUT2D eigenvalue weighted by atomic mass is 10.1. The van der Waals surface area contributed by atoms with Crippen molar-refractivity contribution >= 4 is 17.7 Å². The van der Waals surface area contributed by atoms with E-state index in [1.54, 1.807) is 17.8 Å². The molecule has 0 fully saturated rings. The molecule has 0 aliphatic carbocycles. The van der Waals surface area contributed by atoms with Crippen molar-refractivity contribution in [3.8, 4) is 11.3 Å². The van der Waals surface area contributed by atoms with Crippen molar-refractivity contribution in [2.75, 3.05) is 6.26 Å². The Morgan fingerprint density at radius 1 is 1.17 bits per heavy atom. The molecule has 0 saturated carbocycles. The largest absolute Gasteiger partial charge is 0.477 e. The van der Waals surface area contributed by atoms with E-state index in [0.29, 0.717) is 5.69 Å². The van der Waals surface area contributed by atoms with Crippen LogP contribution in [0.5, 0.6) is 0 Å². The van der Waals surface area contributed by atoms with Crippen molar-refractivity contribution in [3.63, 3.8) is 0 Å². The number of aromatic amines is 1. The van der Waals surface area contributed by atoms with E-state index in [-0.39, 0.29) is 5.56 Å². The van der Waals surface area contributed by atoms with Crippen LogP contribution >= 0.6 is 11.8 Å². The van der Waals surface area contributed by atoms with E-state index in [1.807, 2.05) is 30.5 Å². The van der Waals surface area contributed by atoms with E-state index in [1.165, 1.54) is 6.07 Å². The van der Waals surface area contributed by atoms with Gasteiger partial charge in [-0.1, -0.05) is 12.1 Å². The Morgan fingerprint density at radius 2 is 1.83 bits per heavy atom. The molecule has 0 amide bonds. The van der Waals surface area contributed by atoms with Gasteiger partial charge in [0.15, 0.2) is 0 Å². The van der Waals surface area contributed by atoms with Crippen LogP contribution in [0.1, 0.15) is 10.4 Å². The molecule has 5 heteroatoms. The Bertz CT molecular complexity index is 631. The maximum atomic E-state index is 11.5. The summed E-state index contributed by atoms with van der Waals surface area (Å²) in [6.45, 7) is 0. The minimum Gasteiger partial charge on any atom is -0.477 e. The third kappa shape index (κ3) is 2.46. The number of carbonyl (C=O) groups is 1. The molecule has 0 saturated heterocycles. The molecule has 0 atom stereocenters. The molecule has 92 valence electrons. The fourth-order valence-corrected chi connectivity index (χ4v) is 1.99. The van der Waals surface area contributed by atoms with Crippen LogP contribution in [0.15, 0.2) is 46.1 Å². The third-order valence-corrected chi connectivity index (χ3v) is 3.28. The van der Waals surface area contributed by atoms with E-state index in [0.717, 1.165) is 10.5 Å². The van der Waals surface area contributed by atoms with Crippen LogP contribution in [0.25, 0.3) is 11.3 Å². The maximum absolute atomic E-state index is 11.5. The number of carboxylic acids is 1. The highest BCUT2D eigenvalue weighted by Gasteiger charge is 2.09. The monoisotopic (exact) mass is 261 g/mol. The van der Waals surface area contributed by atoms with Gasteiger partial charge in [-0.05, 0) is 36.1 Å². The number of H-pyrrole nitrogens is 1. The third-order valence-electron chi connectivity index (χ3n) is 2.54. The highest BCUT2D eigenvalue weighted by Crippen LogP contribution is 2.20. The van der Waals surface area contributed by atoms with Gasteiger partial charge in [0.05, 0.1) is 0 Å². The van der Waals surface area contributed by atoms with E-state index in [4.69, 9.17) is 5.11 Å². The Hall–Kier alpha value is -2.01. The number of nitrogens with one attached hydrogen (secondary N) is 1. The van der Waals surface area contributed by atoms with Gasteiger partial charge >= 0.3 is 5.97 Å². The number of hydrogen-bond acceptors (Lipinski definition) is 3. The lowest BCUT2D eigenvalue weighted by Gasteiger charge is -2.03. The maximum Gasteiger partial charge on any atom is 0.341 e. The molecule has 0 unspecified atom stereocenters. The summed E-state index contributed by atoms with van der Waals surface area (Å²) >= 11 is 1.63. The molecule has 0 aliphatic rings. The minimum atomic E-state index is -1.22. The molecule has 1 aromatic heterocycles. The minimum absolute atomic E-state index is 0.250. The van der Waals surface area contributed by atoms with Gasteiger partial charge < -0.3 is 10.1 Å². The van der Waals surface area contributed by atoms with E-state index in [9.17, 15) is 9.59 Å². The lowest BCUT2D eigenvalue weighted by Crippen LogP contribution is -2.17. The van der Waals surface area contributed by atoms with E-state index in [2.05, 4.69) is 4.98 Å². The molecule has 18 heavy (non-hydrogen) atoms. The smallest absolute Gasteiger partial charge is 0.341 e. The van der Waals surface area contributed by atoms with Gasteiger partial charge in [0.25, 0.3) is 5.56 Å². The number of thioether (sulfide) groups is 1. The second-order valence-corrected chi connectivity index (χ2v) is 4.53. The van der Waals surface area contributed by atoms with Crippen molar-refractivity contribution in [3.05, 3.63) is 52.3 Å². The summed E-state index contributed by atoms with van der Waals surface area (Å²) in [6.07, 6.45) is 1.98. The quantitative estimate of drug-likeness (QED) is 0.833. The Balaban J connectivity index is 2.42. The van der Waals surface area contributed by atoms with Gasteiger partial charge in [0.2, 0.25) is 0 Å². The molecule has 0 bridgehead atoms. The normalized spacial score (nSPS) is 10.3. The Kier molecular flexibility index (Phi) is 3.53. The van der Waals surface area contributed by atoms with Crippen LogP contribution in [0.2, 0.25) is 0 Å². The van der Waals surface area contributed by atoms with Crippen molar-refractivity contribution < 1.29 is 9.90 Å². The predicted octanol–water partition coefficient (Wildman–Crippen LogP) is 2.46. The second kappa shape index (κ2) is 5.10. The Morgan fingerprint density at radius 3 is 2.33 bits per heavy atom. The second-order valence-electron chi connectivity index (χ2n) is 3.65. The van der Waals surface area contributed by atoms with Gasteiger partial charge in [-0.15, -0.1) is 11.8 Å². The summed E-state index contributed by atoms with van der Waals surface area (Å²) in [4.78, 5) is 26.0. The van der Waals surface area contributed by atoms with Crippen molar-refractivity contribution in [1.29, 1.82) is 0 Å². The first-order valence-electron chi connectivity index (χ1n) is 5.23. The summed E-state index contributed by atoms with van der Waals surface area (Å²) in [5.41, 5.74) is 0.618. The number of aromatic nitrogens is 1. The topological polar surface area (TPSA) is 70.2 Å². The van der Waals surface area contributed by atoms with E-state index >= 15 is 0 Å². The van der Waals surface area contributed by atoms with Crippen LogP contribution in [0, 0.1) is 0 Å². The van der Waals surface area contributed by atoms with Gasteiger partial charge in [0.1, 0.15) is 5.56 Å². The Labute approximate surface area is 108 Å². The average molecular weight is 261 g/mol. The number of carboxylic acid groups (broad SMARTS) is 1. The first-order valence-corrected chi connectivity index (χ1v) is 6.45. The molecule has 2 aromatic rings. The van der Waals surface area contributed by atoms with Gasteiger partial charge in [-0.3, -0.25) is 4.79 Å². The number of pyridine rings is 1. The molecule has 1 aromatic carbocycles. The SMILES string of the molecule is CSc1ccc(-c2ccc(C(=O)O)c(=O)[nH]2)cc1. The van der Waals surface area contributed by atoms with Crippen molar-refractivity contribution in [1.82, 2.24) is 4.98 Å². The highest BCUT2D eigenvalue weighted by molar-refractivity contribution is 7.98. The number of aromatic carboxylic acids is 1. The molecule has 1 heterocycles. The zero-order valence-corrected chi connectivity index (χ0v) is 10.5. The molecular weight excluding hydrogens is 250 g/mol. The summed E-state index contributed by atoms with van der Waals surface area (Å²) in [6, 6.07) is 10.6. The van der Waals surface area contributed by atoms with Gasteiger partial charge in [-0.25, -0.2) is 4.79 Å². The summed E-state index contributed by atoms with van der Waals surface area (Å²) in [7, 11) is 0. The van der Waals surface area contributed by atoms with Gasteiger partial charge in [0, 0.05) is 10.6 Å². The molecule has 2 rings (SSSR count). The fourth-order valence-electron chi connectivity index (χ4n) is 1.58. The standard InChI is InChI=1S/C13H11NO3S/c1-18-9-4-2-8(3-5-9)11-7-6-10(13(16)17)12(15)14-11/h2-7H,1H3,(H,14,15)(H,16,17). The summed E-state index contributed by atoms with van der Waals surface area (Å²) in [5.74, 6) is -1.22. The first kappa shape index (κ1) is 12.4. The number of benzene rings is 1. The van der Waals surface area contributed by atoms with Crippen molar-refractivity contribution in [2.24, 2.45) is 0 Å². The predicted molar refractivity (Wildman–Crippen MR) is 71.2 cm³/mol. The molecule has 2 N–H and O–H groups in total. The van der Waals surface area contributed by atoms with Crippen LogP contribution < -0.4 is 5.56 Å². The fraction of sp³-hybridized carbons (Fsp3) is 0.0769. The molecule has 0 aliphatic heterocycles. The van der Waals surface area contributed by atoms with E-state index < -0.39 is 11.5 Å². The zero-order chi connectivity index (χ0) is 13.1. The van der Waals surface area contributed by atoms with Crippen LogP contribution in [0.3, 0.4) is 0 Å². The average Bonchev–Trinajstić information content (AvgIpc) is 2.38. The van der Waals surface area contributed by atoms with Crippen LogP contribution in [0.4, 0.5) is 0 Å².